The number of esters is 2. The predicted molar refractivity (Wildman–Crippen MR) is 81.3 cm³/mol. The van der Waals surface area contributed by atoms with Gasteiger partial charge in [-0.25, -0.2) is 0 Å². The first-order valence-electron chi connectivity index (χ1n) is 6.24. The van der Waals surface area contributed by atoms with Crippen LogP contribution in [-0.2, 0) is 19.1 Å². The molecule has 0 N–H and O–H groups in total. The molecule has 0 aliphatic rings. The number of halogens is 2. The number of benzene rings is 1. The molecule has 0 saturated heterocycles. The van der Waals surface area contributed by atoms with E-state index < -0.39 is 29.9 Å². The molecule has 0 amide bonds. The van der Waals surface area contributed by atoms with Crippen LogP contribution in [0.4, 0.5) is 0 Å². The summed E-state index contributed by atoms with van der Waals surface area (Å²) in [5, 5.41) is 0. The summed E-state index contributed by atoms with van der Waals surface area (Å²) < 4.78 is 19.6. The van der Waals surface area contributed by atoms with Gasteiger partial charge < -0.3 is 18.9 Å². The van der Waals surface area contributed by atoms with Crippen molar-refractivity contribution in [2.24, 2.45) is 0 Å². The Labute approximate surface area is 142 Å². The largest absolute Gasteiger partial charge is 0.426 e. The van der Waals surface area contributed by atoms with Crippen LogP contribution >= 0.6 is 23.2 Å². The van der Waals surface area contributed by atoms with Crippen molar-refractivity contribution in [2.75, 3.05) is 26.0 Å². The van der Waals surface area contributed by atoms with Gasteiger partial charge in [-0.15, -0.1) is 23.2 Å². The molecule has 0 aromatic heterocycles. The van der Waals surface area contributed by atoms with Crippen LogP contribution in [0.15, 0.2) is 18.2 Å². The number of rotatable bonds is 8. The van der Waals surface area contributed by atoms with E-state index in [9.17, 15) is 14.4 Å². The van der Waals surface area contributed by atoms with Gasteiger partial charge in [-0.3, -0.25) is 14.4 Å². The highest BCUT2D eigenvalue weighted by Gasteiger charge is 2.24. The average Bonchev–Trinajstić information content (AvgIpc) is 2.55. The molecule has 0 fully saturated rings. The summed E-state index contributed by atoms with van der Waals surface area (Å²) in [7, 11) is 2.57. The quantitative estimate of drug-likeness (QED) is 0.228. The van der Waals surface area contributed by atoms with E-state index in [1.54, 1.807) is 0 Å². The summed E-state index contributed by atoms with van der Waals surface area (Å²) in [4.78, 5) is 34.9. The fraction of sp³-hybridized carbons (Fsp3) is 0.357. The second-order valence-electron chi connectivity index (χ2n) is 4.04. The first-order valence-corrected chi connectivity index (χ1v) is 7.30. The summed E-state index contributed by atoms with van der Waals surface area (Å²) in [6.07, 6.45) is -1.18. The number of carbonyl (C=O) groups excluding carboxylic acids is 3. The third-order valence-electron chi connectivity index (χ3n) is 2.53. The Morgan fingerprint density at radius 2 is 1.57 bits per heavy atom. The number of methoxy groups -OCH3 is 2. The van der Waals surface area contributed by atoms with Crippen LogP contribution in [-0.4, -0.2) is 50.0 Å². The molecule has 23 heavy (non-hydrogen) atoms. The zero-order valence-corrected chi connectivity index (χ0v) is 13.8. The van der Waals surface area contributed by atoms with E-state index in [0.717, 1.165) is 0 Å². The Bertz CT molecular complexity index is 584. The van der Waals surface area contributed by atoms with E-state index in [1.807, 2.05) is 0 Å². The second kappa shape index (κ2) is 9.46. The van der Waals surface area contributed by atoms with Crippen molar-refractivity contribution in [1.29, 1.82) is 0 Å². The molecule has 1 aromatic carbocycles. The van der Waals surface area contributed by atoms with Gasteiger partial charge in [-0.05, 0) is 12.1 Å². The van der Waals surface area contributed by atoms with Crippen molar-refractivity contribution in [3.05, 3.63) is 23.8 Å². The molecular formula is C14H14Cl2O7. The number of hydrogen-bond donors (Lipinski definition) is 0. The van der Waals surface area contributed by atoms with Crippen molar-refractivity contribution in [2.45, 2.75) is 6.29 Å². The van der Waals surface area contributed by atoms with Crippen molar-refractivity contribution in [1.82, 2.24) is 0 Å². The Kier molecular flexibility index (Phi) is 7.97. The maximum Gasteiger partial charge on any atom is 0.326 e. The van der Waals surface area contributed by atoms with Crippen molar-refractivity contribution >= 4 is 40.9 Å². The van der Waals surface area contributed by atoms with Gasteiger partial charge in [0.2, 0.25) is 12.1 Å². The standard InChI is InChI=1S/C14H14Cl2O7/c1-20-14(21-2)13(19)9-4-3-8(22-11(17)6-15)5-10(9)23-12(18)7-16/h3-5,14H,6-7H2,1-2H3. The lowest BCUT2D eigenvalue weighted by Crippen LogP contribution is -2.26. The van der Waals surface area contributed by atoms with Gasteiger partial charge in [-0.2, -0.15) is 0 Å². The molecule has 0 spiro atoms. The topological polar surface area (TPSA) is 88.1 Å². The molecule has 1 aromatic rings. The van der Waals surface area contributed by atoms with E-state index in [1.165, 1.54) is 32.4 Å². The molecule has 9 heteroatoms. The molecular weight excluding hydrogens is 351 g/mol. The van der Waals surface area contributed by atoms with Crippen molar-refractivity contribution < 1.29 is 33.3 Å². The van der Waals surface area contributed by atoms with E-state index in [2.05, 4.69) is 0 Å². The highest BCUT2D eigenvalue weighted by atomic mass is 35.5. The van der Waals surface area contributed by atoms with Crippen molar-refractivity contribution in [3.8, 4) is 11.5 Å². The van der Waals surface area contributed by atoms with Gasteiger partial charge in [0.1, 0.15) is 23.3 Å². The van der Waals surface area contributed by atoms with Crippen LogP contribution in [0.2, 0.25) is 0 Å². The van der Waals surface area contributed by atoms with Crippen molar-refractivity contribution in [3.63, 3.8) is 0 Å². The summed E-state index contributed by atoms with van der Waals surface area (Å²) >= 11 is 10.7. The minimum absolute atomic E-state index is 0.00263. The minimum atomic E-state index is -1.18. The Balaban J connectivity index is 3.19. The first-order chi connectivity index (χ1) is 11.0. The number of Topliss-reactive ketones (excluding diaryl/α,β-unsaturated/α-hetero) is 1. The van der Waals surface area contributed by atoms with Gasteiger partial charge in [0, 0.05) is 20.3 Å². The number of ether oxygens (including phenoxy) is 4. The monoisotopic (exact) mass is 364 g/mol. The molecule has 0 radical (unpaired) electrons. The Morgan fingerprint density at radius 1 is 1.00 bits per heavy atom. The molecule has 0 aliphatic carbocycles. The molecule has 0 saturated carbocycles. The van der Waals surface area contributed by atoms with Crippen LogP contribution < -0.4 is 9.47 Å². The zero-order valence-electron chi connectivity index (χ0n) is 12.3. The lowest BCUT2D eigenvalue weighted by atomic mass is 10.1. The number of hydrogen-bond acceptors (Lipinski definition) is 7. The molecule has 0 aliphatic heterocycles. The van der Waals surface area contributed by atoms with Gasteiger partial charge in [0.15, 0.2) is 0 Å². The molecule has 126 valence electrons. The Hall–Kier alpha value is -1.67. The van der Waals surface area contributed by atoms with Crippen LogP contribution in [0.25, 0.3) is 0 Å². The fourth-order valence-electron chi connectivity index (χ4n) is 1.60. The summed E-state index contributed by atoms with van der Waals surface area (Å²) in [6.45, 7) is 0. The SMILES string of the molecule is COC(OC)C(=O)c1ccc(OC(=O)CCl)cc1OC(=O)CCl. The molecule has 0 heterocycles. The van der Waals surface area contributed by atoms with Crippen LogP contribution in [0.1, 0.15) is 10.4 Å². The lowest BCUT2D eigenvalue weighted by Gasteiger charge is -2.15. The van der Waals surface area contributed by atoms with Gasteiger partial charge >= 0.3 is 11.9 Å². The third kappa shape index (κ3) is 5.47. The smallest absolute Gasteiger partial charge is 0.326 e. The highest BCUT2D eigenvalue weighted by molar-refractivity contribution is 6.27. The molecule has 0 bridgehead atoms. The molecule has 7 nitrogen and oxygen atoms in total. The number of carbonyl (C=O) groups is 3. The third-order valence-corrected chi connectivity index (χ3v) is 2.97. The minimum Gasteiger partial charge on any atom is -0.426 e. The second-order valence-corrected chi connectivity index (χ2v) is 4.58. The highest BCUT2D eigenvalue weighted by Crippen LogP contribution is 2.27. The molecule has 1 rings (SSSR count). The summed E-state index contributed by atoms with van der Waals surface area (Å²) in [5.74, 6) is -2.93. The normalized spacial score (nSPS) is 10.5. The average molecular weight is 365 g/mol. The Morgan fingerprint density at radius 3 is 2.09 bits per heavy atom. The summed E-state index contributed by atoms with van der Waals surface area (Å²) in [6, 6.07) is 3.85. The van der Waals surface area contributed by atoms with Gasteiger partial charge in [0.25, 0.3) is 0 Å². The van der Waals surface area contributed by atoms with E-state index >= 15 is 0 Å². The van der Waals surface area contributed by atoms with Crippen LogP contribution in [0.5, 0.6) is 11.5 Å². The zero-order chi connectivity index (χ0) is 17.4. The lowest BCUT2D eigenvalue weighted by molar-refractivity contribution is -0.132. The van der Waals surface area contributed by atoms with Crippen LogP contribution in [0, 0.1) is 0 Å². The maximum atomic E-state index is 12.3. The maximum absolute atomic E-state index is 12.3. The van der Waals surface area contributed by atoms with Gasteiger partial charge in [-0.1, -0.05) is 0 Å². The number of alkyl halides is 2. The fourth-order valence-corrected chi connectivity index (χ4v) is 1.71. The van der Waals surface area contributed by atoms with E-state index in [4.69, 9.17) is 42.1 Å². The number of ketones is 1. The van der Waals surface area contributed by atoms with Crippen LogP contribution in [0.3, 0.4) is 0 Å². The van der Waals surface area contributed by atoms with E-state index in [-0.39, 0.29) is 22.9 Å². The molecule has 0 atom stereocenters. The first kappa shape index (κ1) is 19.4. The van der Waals surface area contributed by atoms with E-state index in [0.29, 0.717) is 0 Å². The summed E-state index contributed by atoms with van der Waals surface area (Å²) in [5.41, 5.74) is 0.00263. The predicted octanol–water partition coefficient (Wildman–Crippen LogP) is 1.78. The van der Waals surface area contributed by atoms with Gasteiger partial charge in [0.05, 0.1) is 5.56 Å². The molecule has 0 unspecified atom stereocenters.